The fraction of sp³-hybridized carbons (Fsp3) is 0.125. The Labute approximate surface area is 116 Å². The molecule has 1 N–H and O–H groups in total. The summed E-state index contributed by atoms with van der Waals surface area (Å²) in [6.45, 7) is 1.57. The number of rotatable bonds is 5. The number of Topliss-reactive ketones (excluding diaryl/α,β-unsaturated/α-hetero) is 1. The van der Waals surface area contributed by atoms with Gasteiger partial charge in [-0.05, 0) is 25.1 Å². The number of carbonyl (C=O) groups excluding carboxylic acids is 1. The molecule has 0 bridgehead atoms. The van der Waals surface area contributed by atoms with Crippen LogP contribution in [0.1, 0.15) is 33.2 Å². The zero-order chi connectivity index (χ0) is 14.5. The number of benzene rings is 2. The van der Waals surface area contributed by atoms with Gasteiger partial charge in [0.2, 0.25) is 0 Å². The maximum Gasteiger partial charge on any atom is 0.336 e. The Morgan fingerprint density at radius 3 is 2.25 bits per heavy atom. The highest BCUT2D eigenvalue weighted by Crippen LogP contribution is 2.20. The molecule has 0 spiro atoms. The molecule has 0 atom stereocenters. The predicted octanol–water partition coefficient (Wildman–Crippen LogP) is 3.17. The van der Waals surface area contributed by atoms with E-state index < -0.39 is 5.97 Å². The third-order valence-corrected chi connectivity index (χ3v) is 2.90. The van der Waals surface area contributed by atoms with Crippen LogP contribution in [0.2, 0.25) is 0 Å². The van der Waals surface area contributed by atoms with Crippen LogP contribution in [0.4, 0.5) is 0 Å². The van der Waals surface area contributed by atoms with Crippen LogP contribution < -0.4 is 4.74 Å². The van der Waals surface area contributed by atoms with Crippen molar-refractivity contribution in [3.05, 3.63) is 65.2 Å². The van der Waals surface area contributed by atoms with Gasteiger partial charge in [0, 0.05) is 5.56 Å². The minimum absolute atomic E-state index is 0.0906. The lowest BCUT2D eigenvalue weighted by molar-refractivity contribution is 0.0693. The highest BCUT2D eigenvalue weighted by Gasteiger charge is 2.11. The van der Waals surface area contributed by atoms with Gasteiger partial charge in [0.1, 0.15) is 12.4 Å². The highest BCUT2D eigenvalue weighted by atomic mass is 16.5. The van der Waals surface area contributed by atoms with Crippen molar-refractivity contribution in [2.24, 2.45) is 0 Å². The van der Waals surface area contributed by atoms with E-state index in [1.807, 2.05) is 0 Å². The second-order valence-electron chi connectivity index (χ2n) is 4.30. The zero-order valence-corrected chi connectivity index (χ0v) is 11.0. The van der Waals surface area contributed by atoms with Gasteiger partial charge in [0.05, 0.1) is 11.1 Å². The topological polar surface area (TPSA) is 63.6 Å². The van der Waals surface area contributed by atoms with E-state index in [1.165, 1.54) is 13.0 Å². The third kappa shape index (κ3) is 3.03. The van der Waals surface area contributed by atoms with E-state index in [9.17, 15) is 9.59 Å². The summed E-state index contributed by atoms with van der Waals surface area (Å²) in [4.78, 5) is 22.6. The molecule has 2 aromatic rings. The number of hydrogen-bond acceptors (Lipinski definition) is 3. The van der Waals surface area contributed by atoms with Crippen LogP contribution in [0, 0.1) is 0 Å². The van der Waals surface area contributed by atoms with Crippen LogP contribution in [0.3, 0.4) is 0 Å². The molecule has 2 rings (SSSR count). The molecule has 0 aliphatic rings. The van der Waals surface area contributed by atoms with Gasteiger partial charge < -0.3 is 9.84 Å². The quantitative estimate of drug-likeness (QED) is 0.847. The first-order chi connectivity index (χ1) is 9.59. The minimum atomic E-state index is -0.996. The second-order valence-corrected chi connectivity index (χ2v) is 4.30. The standard InChI is InChI=1S/C16H14O4/c1-11(17)13-7-4-5-9-15(13)20-10-12-6-2-3-8-14(12)16(18)19/h2-9H,10H2,1H3,(H,18,19). The number of ketones is 1. The van der Waals surface area contributed by atoms with Crippen molar-refractivity contribution in [3.8, 4) is 5.75 Å². The molecule has 0 radical (unpaired) electrons. The van der Waals surface area contributed by atoms with E-state index in [2.05, 4.69) is 0 Å². The molecule has 20 heavy (non-hydrogen) atoms. The number of carboxylic acid groups (broad SMARTS) is 1. The lowest BCUT2D eigenvalue weighted by atomic mass is 10.1. The number of carboxylic acids is 1. The summed E-state index contributed by atoms with van der Waals surface area (Å²) >= 11 is 0. The molecule has 2 aromatic carbocycles. The van der Waals surface area contributed by atoms with E-state index in [1.54, 1.807) is 42.5 Å². The Hall–Kier alpha value is -2.62. The number of carbonyl (C=O) groups is 2. The van der Waals surface area contributed by atoms with E-state index >= 15 is 0 Å². The van der Waals surface area contributed by atoms with Gasteiger partial charge in [-0.15, -0.1) is 0 Å². The molecule has 4 nitrogen and oxygen atoms in total. The van der Waals surface area contributed by atoms with Crippen molar-refractivity contribution in [3.63, 3.8) is 0 Å². The predicted molar refractivity (Wildman–Crippen MR) is 74.2 cm³/mol. The van der Waals surface area contributed by atoms with E-state index in [0.717, 1.165) is 0 Å². The van der Waals surface area contributed by atoms with E-state index in [-0.39, 0.29) is 18.0 Å². The summed E-state index contributed by atoms with van der Waals surface area (Å²) in [5, 5.41) is 9.10. The Bertz CT molecular complexity index is 589. The van der Waals surface area contributed by atoms with Gasteiger partial charge >= 0.3 is 5.97 Å². The fourth-order valence-corrected chi connectivity index (χ4v) is 1.89. The van der Waals surface area contributed by atoms with Crippen molar-refractivity contribution in [1.29, 1.82) is 0 Å². The Kier molecular flexibility index (Phi) is 4.15. The van der Waals surface area contributed by atoms with Gasteiger partial charge in [0.25, 0.3) is 0 Å². The molecular weight excluding hydrogens is 256 g/mol. The van der Waals surface area contributed by atoms with Crippen LogP contribution in [-0.2, 0) is 6.61 Å². The fourth-order valence-electron chi connectivity index (χ4n) is 1.89. The lowest BCUT2D eigenvalue weighted by Gasteiger charge is -2.11. The van der Waals surface area contributed by atoms with Crippen molar-refractivity contribution in [1.82, 2.24) is 0 Å². The number of hydrogen-bond donors (Lipinski definition) is 1. The maximum atomic E-state index is 11.5. The van der Waals surface area contributed by atoms with Crippen molar-refractivity contribution >= 4 is 11.8 Å². The molecule has 0 unspecified atom stereocenters. The van der Waals surface area contributed by atoms with Crippen LogP contribution >= 0.6 is 0 Å². The summed E-state index contributed by atoms with van der Waals surface area (Å²) in [7, 11) is 0. The third-order valence-electron chi connectivity index (χ3n) is 2.90. The molecule has 4 heteroatoms. The first kappa shape index (κ1) is 13.8. The van der Waals surface area contributed by atoms with Crippen molar-refractivity contribution in [2.45, 2.75) is 13.5 Å². The molecule has 102 valence electrons. The Balaban J connectivity index is 2.22. The first-order valence-corrected chi connectivity index (χ1v) is 6.13. The number of para-hydroxylation sites is 1. The summed E-state index contributed by atoms with van der Waals surface area (Å²) in [5.41, 5.74) is 1.26. The van der Waals surface area contributed by atoms with E-state index in [0.29, 0.717) is 16.9 Å². The molecule has 0 saturated heterocycles. The van der Waals surface area contributed by atoms with E-state index in [4.69, 9.17) is 9.84 Å². The van der Waals surface area contributed by atoms with Crippen LogP contribution in [0.5, 0.6) is 5.75 Å². The molecule has 0 aliphatic heterocycles. The average Bonchev–Trinajstić information content (AvgIpc) is 2.45. The van der Waals surface area contributed by atoms with Crippen LogP contribution in [0.15, 0.2) is 48.5 Å². The maximum absolute atomic E-state index is 11.5. The van der Waals surface area contributed by atoms with Gasteiger partial charge in [0.15, 0.2) is 5.78 Å². The zero-order valence-electron chi connectivity index (χ0n) is 11.0. The van der Waals surface area contributed by atoms with Gasteiger partial charge in [-0.3, -0.25) is 4.79 Å². The van der Waals surface area contributed by atoms with Gasteiger partial charge in [-0.25, -0.2) is 4.79 Å². The summed E-state index contributed by atoms with van der Waals surface area (Å²) in [6, 6.07) is 13.5. The largest absolute Gasteiger partial charge is 0.488 e. The monoisotopic (exact) mass is 270 g/mol. The Morgan fingerprint density at radius 2 is 1.60 bits per heavy atom. The van der Waals surface area contributed by atoms with Crippen LogP contribution in [0.25, 0.3) is 0 Å². The smallest absolute Gasteiger partial charge is 0.336 e. The molecule has 0 aromatic heterocycles. The van der Waals surface area contributed by atoms with Crippen LogP contribution in [-0.4, -0.2) is 16.9 Å². The SMILES string of the molecule is CC(=O)c1ccccc1OCc1ccccc1C(=O)O. The minimum Gasteiger partial charge on any atom is -0.488 e. The lowest BCUT2D eigenvalue weighted by Crippen LogP contribution is -2.06. The second kappa shape index (κ2) is 6.02. The molecular formula is C16H14O4. The summed E-state index contributed by atoms with van der Waals surface area (Å²) < 4.78 is 5.59. The Morgan fingerprint density at radius 1 is 1.00 bits per heavy atom. The molecule has 0 aliphatic carbocycles. The molecule has 0 amide bonds. The number of aromatic carboxylic acids is 1. The first-order valence-electron chi connectivity index (χ1n) is 6.13. The highest BCUT2D eigenvalue weighted by molar-refractivity contribution is 5.96. The number of ether oxygens (including phenoxy) is 1. The average molecular weight is 270 g/mol. The summed E-state index contributed by atoms with van der Waals surface area (Å²) in [6.07, 6.45) is 0. The summed E-state index contributed by atoms with van der Waals surface area (Å²) in [5.74, 6) is -0.628. The van der Waals surface area contributed by atoms with Crippen molar-refractivity contribution in [2.75, 3.05) is 0 Å². The van der Waals surface area contributed by atoms with Gasteiger partial charge in [-0.1, -0.05) is 30.3 Å². The molecule has 0 heterocycles. The molecule has 0 fully saturated rings. The van der Waals surface area contributed by atoms with Gasteiger partial charge in [-0.2, -0.15) is 0 Å². The molecule has 0 saturated carbocycles. The van der Waals surface area contributed by atoms with Crippen molar-refractivity contribution < 1.29 is 19.4 Å². The normalized spacial score (nSPS) is 10.1.